The Morgan fingerprint density at radius 1 is 1.00 bits per heavy atom. The number of benzene rings is 2. The van der Waals surface area contributed by atoms with Gasteiger partial charge in [0.25, 0.3) is 5.91 Å². The van der Waals surface area contributed by atoms with Crippen LogP contribution < -0.4 is 10.1 Å². The number of hydrogen-bond acceptors (Lipinski definition) is 3. The Morgan fingerprint density at radius 3 is 2.16 bits per heavy atom. The summed E-state index contributed by atoms with van der Waals surface area (Å²) in [7, 11) is 1.60. The normalized spacial score (nSPS) is 25.7. The highest BCUT2D eigenvalue weighted by molar-refractivity contribution is 6.09. The first-order valence-electron chi connectivity index (χ1n) is 13.7. The van der Waals surface area contributed by atoms with E-state index in [1.165, 1.54) is 44.1 Å². The Labute approximate surface area is 225 Å². The highest BCUT2D eigenvalue weighted by Crippen LogP contribution is 2.60. The van der Waals surface area contributed by atoms with Crippen LogP contribution in [0.5, 0.6) is 5.75 Å². The third-order valence-electron chi connectivity index (χ3n) is 9.26. The summed E-state index contributed by atoms with van der Waals surface area (Å²) < 4.78 is 7.38. The molecule has 194 valence electrons. The summed E-state index contributed by atoms with van der Waals surface area (Å²) in [6.07, 6.45) is 10.1. The Balaban J connectivity index is 1.23. The topological polar surface area (TPSA) is 67.0 Å². The molecule has 0 aliphatic heterocycles. The van der Waals surface area contributed by atoms with Gasteiger partial charge in [0, 0.05) is 22.8 Å². The van der Waals surface area contributed by atoms with Gasteiger partial charge in [0.15, 0.2) is 0 Å². The molecule has 4 aliphatic carbocycles. The van der Waals surface area contributed by atoms with Gasteiger partial charge in [-0.3, -0.25) is 4.79 Å². The molecule has 0 radical (unpaired) electrons. The van der Waals surface area contributed by atoms with E-state index in [4.69, 9.17) is 4.74 Å². The predicted molar refractivity (Wildman–Crippen MR) is 150 cm³/mol. The van der Waals surface area contributed by atoms with Crippen molar-refractivity contribution in [2.75, 3.05) is 12.4 Å². The molecule has 2 aromatic carbocycles. The van der Waals surface area contributed by atoms with Crippen molar-refractivity contribution in [1.82, 2.24) is 4.57 Å². The maximum absolute atomic E-state index is 12.8. The highest BCUT2D eigenvalue weighted by atomic mass is 16.5. The number of amides is 1. The highest BCUT2D eigenvalue weighted by Gasteiger charge is 2.51. The summed E-state index contributed by atoms with van der Waals surface area (Å²) in [5, 5.41) is 12.5. The van der Waals surface area contributed by atoms with Crippen LogP contribution in [0, 0.1) is 42.9 Å². The molecule has 4 bridgehead atoms. The number of carbonyl (C=O) groups excluding carboxylic acids is 1. The number of hydrogen-bond donors (Lipinski definition) is 1. The molecular weight excluding hydrogens is 470 g/mol. The fourth-order valence-corrected chi connectivity index (χ4v) is 7.94. The zero-order chi connectivity index (χ0) is 26.4. The summed E-state index contributed by atoms with van der Waals surface area (Å²) in [4.78, 5) is 12.8. The van der Waals surface area contributed by atoms with Crippen molar-refractivity contribution in [3.63, 3.8) is 0 Å². The molecule has 0 saturated heterocycles. The maximum atomic E-state index is 12.8. The van der Waals surface area contributed by atoms with Crippen LogP contribution in [0.4, 0.5) is 5.69 Å². The quantitative estimate of drug-likeness (QED) is 0.287. The maximum Gasteiger partial charge on any atom is 0.266 e. The van der Waals surface area contributed by atoms with Gasteiger partial charge in [-0.1, -0.05) is 12.1 Å². The van der Waals surface area contributed by atoms with Gasteiger partial charge in [-0.15, -0.1) is 0 Å². The summed E-state index contributed by atoms with van der Waals surface area (Å²) in [6, 6.07) is 20.4. The van der Waals surface area contributed by atoms with Crippen LogP contribution in [-0.2, 0) is 10.2 Å². The molecule has 1 heterocycles. The lowest BCUT2D eigenvalue weighted by Gasteiger charge is -2.57. The van der Waals surface area contributed by atoms with Gasteiger partial charge in [0.1, 0.15) is 17.4 Å². The molecule has 1 amide bonds. The molecule has 0 unspecified atom stereocenters. The van der Waals surface area contributed by atoms with Crippen molar-refractivity contribution in [3.8, 4) is 17.5 Å². The lowest BCUT2D eigenvalue weighted by atomic mass is 9.48. The van der Waals surface area contributed by atoms with Gasteiger partial charge in [0.05, 0.1) is 7.11 Å². The zero-order valence-electron chi connectivity index (χ0n) is 22.5. The summed E-state index contributed by atoms with van der Waals surface area (Å²) in [5.74, 6) is 3.07. The van der Waals surface area contributed by atoms with E-state index in [1.54, 1.807) is 37.5 Å². The molecule has 4 fully saturated rings. The molecule has 3 aromatic rings. The number of carbonyl (C=O) groups is 1. The Kier molecular flexibility index (Phi) is 6.14. The molecule has 1 N–H and O–H groups in total. The average Bonchev–Trinajstić information content (AvgIpc) is 3.19. The molecule has 4 aliphatic rings. The fourth-order valence-electron chi connectivity index (χ4n) is 7.94. The monoisotopic (exact) mass is 505 g/mol. The Morgan fingerprint density at radius 2 is 1.61 bits per heavy atom. The van der Waals surface area contributed by atoms with Crippen molar-refractivity contribution in [2.24, 2.45) is 17.8 Å². The second-order valence-corrected chi connectivity index (χ2v) is 11.8. The van der Waals surface area contributed by atoms with Gasteiger partial charge >= 0.3 is 0 Å². The van der Waals surface area contributed by atoms with Crippen molar-refractivity contribution in [2.45, 2.75) is 57.8 Å². The van der Waals surface area contributed by atoms with Gasteiger partial charge in [-0.25, -0.2) is 0 Å². The van der Waals surface area contributed by atoms with Crippen LogP contribution in [0.15, 0.2) is 60.2 Å². The van der Waals surface area contributed by atoms with Crippen molar-refractivity contribution < 1.29 is 9.53 Å². The van der Waals surface area contributed by atoms with E-state index >= 15 is 0 Å². The number of aryl methyl sites for hydroxylation is 1. The fraction of sp³-hybridized carbons (Fsp3) is 0.394. The second kappa shape index (κ2) is 9.51. The molecule has 4 saturated carbocycles. The lowest BCUT2D eigenvalue weighted by Crippen LogP contribution is -2.48. The standard InChI is InChI=1S/C33H35N3O2/c1-21-12-26(16-27(20-34)32(37)35-29-6-10-31(38-3)11-7-29)22(2)36(21)30-8-4-28(5-9-30)33-17-23-13-24(18-33)15-25(14-23)19-33/h4-12,16,23-25H,13-15,17-19H2,1-3H3,(H,35,37)/b27-16-. The van der Waals surface area contributed by atoms with E-state index in [9.17, 15) is 10.1 Å². The number of aromatic nitrogens is 1. The number of anilines is 1. The predicted octanol–water partition coefficient (Wildman–Crippen LogP) is 7.12. The zero-order valence-corrected chi connectivity index (χ0v) is 22.5. The van der Waals surface area contributed by atoms with E-state index in [2.05, 4.69) is 47.1 Å². The van der Waals surface area contributed by atoms with Crippen LogP contribution >= 0.6 is 0 Å². The molecule has 7 rings (SSSR count). The smallest absolute Gasteiger partial charge is 0.266 e. The second-order valence-electron chi connectivity index (χ2n) is 11.8. The SMILES string of the molecule is COc1ccc(NC(=O)/C(C#N)=C\c2cc(C)n(-c3ccc(C45CC6CC(CC(C6)C4)C5)cc3)c2C)cc1. The van der Waals surface area contributed by atoms with Gasteiger partial charge < -0.3 is 14.6 Å². The number of nitrogens with one attached hydrogen (secondary N) is 1. The minimum absolute atomic E-state index is 0.0678. The van der Waals surface area contributed by atoms with Gasteiger partial charge in [-0.2, -0.15) is 5.26 Å². The lowest BCUT2D eigenvalue weighted by molar-refractivity contribution is -0.112. The van der Waals surface area contributed by atoms with Gasteiger partial charge in [-0.05, 0) is 135 Å². The largest absolute Gasteiger partial charge is 0.497 e. The van der Waals surface area contributed by atoms with E-state index in [0.29, 0.717) is 16.9 Å². The number of rotatable bonds is 6. The Hall–Kier alpha value is -3.78. The van der Waals surface area contributed by atoms with E-state index in [0.717, 1.165) is 40.4 Å². The third-order valence-corrected chi connectivity index (χ3v) is 9.26. The van der Waals surface area contributed by atoms with Gasteiger partial charge in [0.2, 0.25) is 0 Å². The first kappa shape index (κ1) is 24.6. The minimum Gasteiger partial charge on any atom is -0.497 e. The van der Waals surface area contributed by atoms with Crippen LogP contribution in [0.1, 0.15) is 61.0 Å². The van der Waals surface area contributed by atoms with Crippen molar-refractivity contribution in [3.05, 3.63) is 82.7 Å². The molecule has 5 nitrogen and oxygen atoms in total. The van der Waals surface area contributed by atoms with Crippen LogP contribution in [0.2, 0.25) is 0 Å². The Bertz CT molecular complexity index is 1400. The number of methoxy groups -OCH3 is 1. The number of nitrogens with zero attached hydrogens (tertiary/aromatic N) is 2. The van der Waals surface area contributed by atoms with Crippen molar-refractivity contribution >= 4 is 17.7 Å². The molecule has 0 atom stereocenters. The van der Waals surface area contributed by atoms with Crippen LogP contribution in [-0.4, -0.2) is 17.6 Å². The number of ether oxygens (including phenoxy) is 1. The average molecular weight is 506 g/mol. The minimum atomic E-state index is -0.428. The van der Waals surface area contributed by atoms with E-state index < -0.39 is 5.91 Å². The molecule has 5 heteroatoms. The summed E-state index contributed by atoms with van der Waals surface area (Å²) >= 11 is 0. The summed E-state index contributed by atoms with van der Waals surface area (Å²) in [6.45, 7) is 4.11. The van der Waals surface area contributed by atoms with Crippen LogP contribution in [0.3, 0.4) is 0 Å². The first-order chi connectivity index (χ1) is 18.4. The summed E-state index contributed by atoms with van der Waals surface area (Å²) in [5.41, 5.74) is 6.66. The number of nitriles is 1. The van der Waals surface area contributed by atoms with Crippen LogP contribution in [0.25, 0.3) is 11.8 Å². The molecular formula is C33H35N3O2. The van der Waals surface area contributed by atoms with E-state index in [1.807, 2.05) is 13.0 Å². The van der Waals surface area contributed by atoms with Crippen molar-refractivity contribution in [1.29, 1.82) is 5.26 Å². The molecule has 38 heavy (non-hydrogen) atoms. The molecule has 1 aromatic heterocycles. The first-order valence-corrected chi connectivity index (χ1v) is 13.7. The molecule has 0 spiro atoms. The van der Waals surface area contributed by atoms with E-state index in [-0.39, 0.29) is 5.57 Å². The third kappa shape index (κ3) is 4.32.